The third-order valence-electron chi connectivity index (χ3n) is 6.38. The molecule has 2 N–H and O–H groups in total. The number of rotatable bonds is 7. The number of benzene rings is 2. The molecule has 0 bridgehead atoms. The highest BCUT2D eigenvalue weighted by molar-refractivity contribution is 5.95. The zero-order chi connectivity index (χ0) is 24.9. The topological polar surface area (TPSA) is 100 Å². The maximum absolute atomic E-state index is 12.8. The number of ketones is 1. The van der Waals surface area contributed by atoms with Crippen molar-refractivity contribution in [3.8, 4) is 5.75 Å². The molecule has 184 valence electrons. The summed E-state index contributed by atoms with van der Waals surface area (Å²) in [6, 6.07) is 13.9. The first kappa shape index (κ1) is 24.3. The summed E-state index contributed by atoms with van der Waals surface area (Å²) in [5.41, 5.74) is 3.41. The molecule has 0 aromatic heterocycles. The fourth-order valence-corrected chi connectivity index (χ4v) is 4.46. The number of ether oxygens (including phenoxy) is 2. The Kier molecular flexibility index (Phi) is 7.36. The standard InChI is InChI=1S/C26H30N4O5/c1-17(31)18-7-9-20(10-8-18)30-13-11-29(12-14-30)16-22-23(25(32)35-3)24(28-26(33)27-22)19-5-4-6-21(15-19)34-2/h4-10,15,24H,11-14,16H2,1-3H3,(H2,27,28,33)/t24-/m1/s1. The predicted molar refractivity (Wildman–Crippen MR) is 132 cm³/mol. The van der Waals surface area contributed by atoms with Crippen LogP contribution in [-0.2, 0) is 9.53 Å². The highest BCUT2D eigenvalue weighted by Gasteiger charge is 2.34. The van der Waals surface area contributed by atoms with Gasteiger partial charge in [0, 0.05) is 49.7 Å². The number of anilines is 1. The van der Waals surface area contributed by atoms with Crippen LogP contribution in [0.3, 0.4) is 0 Å². The number of methoxy groups -OCH3 is 2. The number of nitrogens with zero attached hydrogens (tertiary/aromatic N) is 2. The van der Waals surface area contributed by atoms with E-state index in [-0.39, 0.29) is 11.8 Å². The van der Waals surface area contributed by atoms with Gasteiger partial charge in [0.25, 0.3) is 0 Å². The first-order chi connectivity index (χ1) is 16.9. The average Bonchev–Trinajstić information content (AvgIpc) is 2.88. The molecule has 9 nitrogen and oxygen atoms in total. The molecule has 1 atom stereocenters. The van der Waals surface area contributed by atoms with Crippen LogP contribution in [0, 0.1) is 0 Å². The van der Waals surface area contributed by atoms with Crippen molar-refractivity contribution in [3.05, 3.63) is 70.9 Å². The molecule has 2 aromatic rings. The normalized spacial score (nSPS) is 18.5. The zero-order valence-corrected chi connectivity index (χ0v) is 20.2. The van der Waals surface area contributed by atoms with Crippen molar-refractivity contribution in [2.24, 2.45) is 0 Å². The van der Waals surface area contributed by atoms with Crippen LogP contribution in [-0.4, -0.2) is 69.6 Å². The van der Waals surface area contributed by atoms with Crippen molar-refractivity contribution in [1.82, 2.24) is 15.5 Å². The van der Waals surface area contributed by atoms with E-state index < -0.39 is 12.0 Å². The van der Waals surface area contributed by atoms with Crippen LogP contribution in [0.1, 0.15) is 28.9 Å². The van der Waals surface area contributed by atoms with Gasteiger partial charge in [0.1, 0.15) is 5.75 Å². The summed E-state index contributed by atoms with van der Waals surface area (Å²) in [4.78, 5) is 41.3. The van der Waals surface area contributed by atoms with Crippen molar-refractivity contribution < 1.29 is 23.9 Å². The van der Waals surface area contributed by atoms with Gasteiger partial charge in [-0.3, -0.25) is 9.69 Å². The summed E-state index contributed by atoms with van der Waals surface area (Å²) in [7, 11) is 2.90. The zero-order valence-electron chi connectivity index (χ0n) is 20.2. The van der Waals surface area contributed by atoms with Crippen LogP contribution in [0.25, 0.3) is 0 Å². The van der Waals surface area contributed by atoms with E-state index in [1.54, 1.807) is 20.1 Å². The number of hydrogen-bond acceptors (Lipinski definition) is 7. The molecular formula is C26H30N4O5. The van der Waals surface area contributed by atoms with Gasteiger partial charge in [0.15, 0.2) is 5.78 Å². The van der Waals surface area contributed by atoms with Crippen molar-refractivity contribution >= 4 is 23.5 Å². The average molecular weight is 479 g/mol. The molecule has 1 fully saturated rings. The van der Waals surface area contributed by atoms with Crippen molar-refractivity contribution in [3.63, 3.8) is 0 Å². The molecule has 0 unspecified atom stereocenters. The van der Waals surface area contributed by atoms with E-state index in [4.69, 9.17) is 9.47 Å². The van der Waals surface area contributed by atoms with Gasteiger partial charge >= 0.3 is 12.0 Å². The van der Waals surface area contributed by atoms with Crippen molar-refractivity contribution in [1.29, 1.82) is 0 Å². The lowest BCUT2D eigenvalue weighted by molar-refractivity contribution is -0.136. The summed E-state index contributed by atoms with van der Waals surface area (Å²) in [5, 5.41) is 5.67. The highest BCUT2D eigenvalue weighted by atomic mass is 16.5. The molecule has 0 spiro atoms. The van der Waals surface area contributed by atoms with Crippen LogP contribution >= 0.6 is 0 Å². The van der Waals surface area contributed by atoms with Gasteiger partial charge < -0.3 is 25.0 Å². The van der Waals surface area contributed by atoms with Gasteiger partial charge in [-0.05, 0) is 48.9 Å². The Morgan fingerprint density at radius 1 is 1.03 bits per heavy atom. The van der Waals surface area contributed by atoms with E-state index >= 15 is 0 Å². The van der Waals surface area contributed by atoms with Crippen molar-refractivity contribution in [2.45, 2.75) is 13.0 Å². The monoisotopic (exact) mass is 478 g/mol. The molecule has 0 aliphatic carbocycles. The van der Waals surface area contributed by atoms with Gasteiger partial charge in [-0.1, -0.05) is 12.1 Å². The van der Waals surface area contributed by atoms with Gasteiger partial charge in [-0.2, -0.15) is 0 Å². The summed E-state index contributed by atoms with van der Waals surface area (Å²) < 4.78 is 10.4. The molecule has 35 heavy (non-hydrogen) atoms. The smallest absolute Gasteiger partial charge is 0.338 e. The predicted octanol–water partition coefficient (Wildman–Crippen LogP) is 2.50. The van der Waals surface area contributed by atoms with Crippen LogP contribution in [0.15, 0.2) is 59.8 Å². The molecule has 2 amide bonds. The second-order valence-corrected chi connectivity index (χ2v) is 8.56. The second-order valence-electron chi connectivity index (χ2n) is 8.56. The number of piperazine rings is 1. The molecule has 0 saturated carbocycles. The number of hydrogen-bond donors (Lipinski definition) is 2. The van der Waals surface area contributed by atoms with Crippen LogP contribution in [0.2, 0.25) is 0 Å². The summed E-state index contributed by atoms with van der Waals surface area (Å²) >= 11 is 0. The Morgan fingerprint density at radius 3 is 2.37 bits per heavy atom. The minimum atomic E-state index is -0.651. The van der Waals surface area contributed by atoms with E-state index in [1.165, 1.54) is 7.11 Å². The number of esters is 1. The maximum atomic E-state index is 12.8. The number of carbonyl (C=O) groups excluding carboxylic acids is 3. The Bertz CT molecular complexity index is 1140. The molecule has 0 radical (unpaired) electrons. The quantitative estimate of drug-likeness (QED) is 0.466. The van der Waals surface area contributed by atoms with E-state index in [2.05, 4.69) is 20.4 Å². The number of urea groups is 1. The number of amides is 2. The Balaban J connectivity index is 1.52. The number of nitrogens with one attached hydrogen (secondary N) is 2. The van der Waals surface area contributed by atoms with Crippen LogP contribution in [0.4, 0.5) is 10.5 Å². The Labute approximate surface area is 204 Å². The van der Waals surface area contributed by atoms with Crippen molar-refractivity contribution in [2.75, 3.05) is 51.8 Å². The Morgan fingerprint density at radius 2 is 1.74 bits per heavy atom. The maximum Gasteiger partial charge on any atom is 0.338 e. The van der Waals surface area contributed by atoms with Gasteiger partial charge in [0.05, 0.1) is 25.8 Å². The lowest BCUT2D eigenvalue weighted by Gasteiger charge is -2.38. The number of Topliss-reactive ketones (excluding diaryl/α,β-unsaturated/α-hetero) is 1. The van der Waals surface area contributed by atoms with E-state index in [1.807, 2.05) is 42.5 Å². The van der Waals surface area contributed by atoms with E-state index in [0.717, 1.165) is 37.4 Å². The molecular weight excluding hydrogens is 448 g/mol. The molecule has 2 heterocycles. The van der Waals surface area contributed by atoms with Gasteiger partial charge in [0.2, 0.25) is 0 Å². The molecule has 1 saturated heterocycles. The lowest BCUT2D eigenvalue weighted by Crippen LogP contribution is -2.51. The third kappa shape index (κ3) is 5.46. The summed E-state index contributed by atoms with van der Waals surface area (Å²) in [6.45, 7) is 5.04. The first-order valence-electron chi connectivity index (χ1n) is 11.5. The minimum Gasteiger partial charge on any atom is -0.497 e. The largest absolute Gasteiger partial charge is 0.497 e. The summed E-state index contributed by atoms with van der Waals surface area (Å²) in [6.07, 6.45) is 0. The van der Waals surface area contributed by atoms with Crippen LogP contribution in [0.5, 0.6) is 5.75 Å². The molecule has 2 aromatic carbocycles. The third-order valence-corrected chi connectivity index (χ3v) is 6.38. The molecule has 4 rings (SSSR count). The van der Waals surface area contributed by atoms with E-state index in [0.29, 0.717) is 29.1 Å². The summed E-state index contributed by atoms with van der Waals surface area (Å²) in [5.74, 6) is 0.186. The fourth-order valence-electron chi connectivity index (χ4n) is 4.46. The first-order valence-corrected chi connectivity index (χ1v) is 11.5. The van der Waals surface area contributed by atoms with Gasteiger partial charge in [-0.15, -0.1) is 0 Å². The Hall–Kier alpha value is -3.85. The van der Waals surface area contributed by atoms with Gasteiger partial charge in [-0.25, -0.2) is 9.59 Å². The SMILES string of the molecule is COC(=O)C1=C(CN2CCN(c3ccc(C(C)=O)cc3)CC2)NC(=O)N[C@@H]1c1cccc(OC)c1. The van der Waals surface area contributed by atoms with Crippen LogP contribution < -0.4 is 20.3 Å². The second kappa shape index (κ2) is 10.6. The fraction of sp³-hybridized carbons (Fsp3) is 0.346. The minimum absolute atomic E-state index is 0.0484. The molecule has 2 aliphatic rings. The van der Waals surface area contributed by atoms with E-state index in [9.17, 15) is 14.4 Å². The lowest BCUT2D eigenvalue weighted by atomic mass is 9.94. The number of carbonyl (C=O) groups is 3. The molecule has 2 aliphatic heterocycles. The highest BCUT2D eigenvalue weighted by Crippen LogP contribution is 2.30. The molecule has 9 heteroatoms.